The number of carbonyl (C=O) groups excluding carboxylic acids is 3. The van der Waals surface area contributed by atoms with E-state index in [9.17, 15) is 24.0 Å². The summed E-state index contributed by atoms with van der Waals surface area (Å²) in [6.07, 6.45) is 2.71. The molecule has 2 heterocycles. The van der Waals surface area contributed by atoms with E-state index in [0.717, 1.165) is 33.2 Å². The molecule has 2 aromatic heterocycles. The number of amides is 3. The second-order valence-corrected chi connectivity index (χ2v) is 11.2. The molecule has 0 aliphatic carbocycles. The molecule has 0 spiro atoms. The van der Waals surface area contributed by atoms with Crippen LogP contribution in [0.5, 0.6) is 0 Å². The predicted octanol–water partition coefficient (Wildman–Crippen LogP) is 4.11. The van der Waals surface area contributed by atoms with E-state index in [-0.39, 0.29) is 37.6 Å². The topological polar surface area (TPSA) is 168 Å². The molecular weight excluding hydrogens is 554 g/mol. The zero-order valence-electron chi connectivity index (χ0n) is 25.9. The lowest BCUT2D eigenvalue weighted by Crippen LogP contribution is -2.52. The molecule has 0 bridgehead atoms. The van der Waals surface area contributed by atoms with E-state index in [1.807, 2.05) is 47.6 Å². The van der Waals surface area contributed by atoms with Crippen molar-refractivity contribution < 1.29 is 33.1 Å². The molecule has 0 aliphatic heterocycles. The number of fused-ring (bicyclic) bond motifs is 2. The van der Waals surface area contributed by atoms with E-state index in [2.05, 4.69) is 16.0 Å². The van der Waals surface area contributed by atoms with Crippen LogP contribution >= 0.6 is 0 Å². The zero-order chi connectivity index (χ0) is 31.8. The average molecular weight is 598 g/mol. The smallest absolute Gasteiger partial charge is 0.339 e. The Hall–Kier alpha value is -4.15. The van der Waals surface area contributed by atoms with Gasteiger partial charge in [0.15, 0.2) is 0 Å². The molecule has 0 radical (unpaired) electrons. The maximum atomic E-state index is 12.9. The van der Waals surface area contributed by atoms with Gasteiger partial charge in [0.1, 0.15) is 23.0 Å². The van der Waals surface area contributed by atoms with E-state index >= 15 is 0 Å². The average Bonchev–Trinajstić information content (AvgIpc) is 3.25. The van der Waals surface area contributed by atoms with Gasteiger partial charge in [-0.05, 0) is 70.1 Å². The zero-order valence-corrected chi connectivity index (χ0v) is 25.9. The van der Waals surface area contributed by atoms with Crippen LogP contribution in [0.1, 0.15) is 80.4 Å². The summed E-state index contributed by atoms with van der Waals surface area (Å²) in [7, 11) is 0. The van der Waals surface area contributed by atoms with Crippen molar-refractivity contribution in [3.8, 4) is 0 Å². The van der Waals surface area contributed by atoms with Gasteiger partial charge in [-0.25, -0.2) is 4.79 Å². The Morgan fingerprint density at radius 2 is 1.53 bits per heavy atom. The first-order chi connectivity index (χ1) is 20.3. The fourth-order valence-corrected chi connectivity index (χ4v) is 5.11. The van der Waals surface area contributed by atoms with E-state index in [1.54, 1.807) is 0 Å². The van der Waals surface area contributed by atoms with Crippen molar-refractivity contribution in [2.24, 2.45) is 5.92 Å². The highest BCUT2D eigenvalue weighted by Crippen LogP contribution is 2.34. The van der Waals surface area contributed by atoms with Crippen molar-refractivity contribution in [3.05, 3.63) is 44.5 Å². The number of carboxylic acids is 1. The number of rotatable bonds is 15. The summed E-state index contributed by atoms with van der Waals surface area (Å²) < 4.78 is 11.6. The number of hydrogen-bond acceptors (Lipinski definition) is 7. The number of unbranched alkanes of at least 4 members (excludes halogenated alkanes) is 2. The van der Waals surface area contributed by atoms with Gasteiger partial charge in [0, 0.05) is 41.3 Å². The van der Waals surface area contributed by atoms with Gasteiger partial charge in [-0.3, -0.25) is 19.2 Å². The fourth-order valence-electron chi connectivity index (χ4n) is 5.11. The highest BCUT2D eigenvalue weighted by Gasteiger charge is 2.26. The molecule has 0 saturated carbocycles. The van der Waals surface area contributed by atoms with Crippen LogP contribution < -0.4 is 21.6 Å². The molecule has 3 aromatic rings. The molecule has 11 heteroatoms. The predicted molar refractivity (Wildman–Crippen MR) is 163 cm³/mol. The van der Waals surface area contributed by atoms with Gasteiger partial charge in [0.2, 0.25) is 17.7 Å². The first-order valence-corrected chi connectivity index (χ1v) is 14.9. The molecule has 0 saturated heterocycles. The molecular formula is C32H43N3O8. The molecule has 0 unspecified atom stereocenters. The van der Waals surface area contributed by atoms with Gasteiger partial charge >= 0.3 is 11.6 Å². The van der Waals surface area contributed by atoms with E-state index in [4.69, 9.17) is 13.9 Å². The van der Waals surface area contributed by atoms with E-state index in [1.165, 1.54) is 0 Å². The number of benzene rings is 1. The van der Waals surface area contributed by atoms with Gasteiger partial charge in [0.25, 0.3) is 0 Å². The quantitative estimate of drug-likeness (QED) is 0.150. The molecule has 2 atom stereocenters. The monoisotopic (exact) mass is 597 g/mol. The third-order valence-electron chi connectivity index (χ3n) is 8.17. The van der Waals surface area contributed by atoms with Crippen LogP contribution in [0.3, 0.4) is 0 Å². The molecule has 43 heavy (non-hydrogen) atoms. The number of carboxylic acid groups (broad SMARTS) is 1. The maximum absolute atomic E-state index is 12.9. The Labute approximate surface area is 250 Å². The first-order valence-electron chi connectivity index (χ1n) is 14.9. The number of carbonyl (C=O) groups is 4. The lowest BCUT2D eigenvalue weighted by Gasteiger charge is -2.23. The minimum atomic E-state index is -0.846. The Morgan fingerprint density at radius 1 is 0.860 bits per heavy atom. The van der Waals surface area contributed by atoms with Crippen molar-refractivity contribution in [1.29, 1.82) is 0 Å². The molecule has 3 rings (SSSR count). The molecule has 0 fully saturated rings. The second-order valence-electron chi connectivity index (χ2n) is 11.2. The number of nitrogens with one attached hydrogen (secondary N) is 3. The van der Waals surface area contributed by atoms with Crippen molar-refractivity contribution in [2.75, 3.05) is 13.1 Å². The van der Waals surface area contributed by atoms with Crippen LogP contribution in [0, 0.1) is 33.6 Å². The molecule has 234 valence electrons. The third-order valence-corrected chi connectivity index (χ3v) is 8.17. The number of hydrogen-bond donors (Lipinski definition) is 4. The Morgan fingerprint density at radius 3 is 2.21 bits per heavy atom. The Kier molecular flexibility index (Phi) is 11.5. The van der Waals surface area contributed by atoms with Crippen molar-refractivity contribution >= 4 is 45.6 Å². The van der Waals surface area contributed by atoms with Crippen LogP contribution in [-0.2, 0) is 25.6 Å². The standard InChI is InChI=1S/C32H43N3O8/c1-7-17(2)28(31(40)33-14-10-8-9-11-27(38)39)35-26(37)16-34-25(36)13-12-22-19(4)24-15-23-18(3)21(6)42-29(23)20(5)30(24)43-32(22)41/h15,17,28H,7-14,16H2,1-6H3,(H,33,40)(H,34,36)(H,35,37)(H,38,39)/t17-,28-/m0/s1. The molecule has 0 aliphatic rings. The van der Waals surface area contributed by atoms with E-state index < -0.39 is 29.5 Å². The van der Waals surface area contributed by atoms with Crippen LogP contribution in [-0.4, -0.2) is 47.9 Å². The van der Waals surface area contributed by atoms with Crippen molar-refractivity contribution in [3.63, 3.8) is 0 Å². The highest BCUT2D eigenvalue weighted by molar-refractivity contribution is 6.00. The molecule has 3 amide bonds. The maximum Gasteiger partial charge on any atom is 0.339 e. The van der Waals surface area contributed by atoms with Gasteiger partial charge in [-0.2, -0.15) is 0 Å². The summed E-state index contributed by atoms with van der Waals surface area (Å²) in [6.45, 7) is 11.4. The van der Waals surface area contributed by atoms with Crippen molar-refractivity contribution in [1.82, 2.24) is 16.0 Å². The Bertz CT molecular complexity index is 1570. The summed E-state index contributed by atoms with van der Waals surface area (Å²) in [5.74, 6) is -1.41. The van der Waals surface area contributed by atoms with Gasteiger partial charge < -0.3 is 29.9 Å². The summed E-state index contributed by atoms with van der Waals surface area (Å²) >= 11 is 0. The largest absolute Gasteiger partial charge is 0.481 e. The minimum absolute atomic E-state index is 0.0212. The Balaban J connectivity index is 1.56. The number of aliphatic carboxylic acids is 1. The fraction of sp³-hybridized carbons (Fsp3) is 0.531. The summed E-state index contributed by atoms with van der Waals surface area (Å²) in [5.41, 5.74) is 3.56. The van der Waals surface area contributed by atoms with Gasteiger partial charge in [-0.1, -0.05) is 26.7 Å². The summed E-state index contributed by atoms with van der Waals surface area (Å²) in [6, 6.07) is 1.19. The van der Waals surface area contributed by atoms with Gasteiger partial charge in [-0.15, -0.1) is 0 Å². The SMILES string of the molecule is CC[C@H](C)[C@H](NC(=O)CNC(=O)CCc1c(C)c2cc3c(C)c(C)oc3c(C)c2oc1=O)C(=O)NCCCCCC(=O)O. The molecule has 1 aromatic carbocycles. The van der Waals surface area contributed by atoms with Gasteiger partial charge in [0.05, 0.1) is 6.54 Å². The molecule has 11 nitrogen and oxygen atoms in total. The van der Waals surface area contributed by atoms with Crippen LogP contribution in [0.2, 0.25) is 0 Å². The first kappa shape index (κ1) is 33.4. The second kappa shape index (κ2) is 14.8. The summed E-state index contributed by atoms with van der Waals surface area (Å²) in [5, 5.41) is 18.5. The highest BCUT2D eigenvalue weighted by atomic mass is 16.4. The lowest BCUT2D eigenvalue weighted by molar-refractivity contribution is -0.137. The van der Waals surface area contributed by atoms with Crippen LogP contribution in [0.25, 0.3) is 21.9 Å². The molecule has 4 N–H and O–H groups in total. The van der Waals surface area contributed by atoms with Crippen molar-refractivity contribution in [2.45, 2.75) is 92.5 Å². The normalized spacial score (nSPS) is 12.7. The lowest BCUT2D eigenvalue weighted by atomic mass is 9.98. The number of furan rings is 1. The third kappa shape index (κ3) is 8.24. The van der Waals surface area contributed by atoms with Crippen LogP contribution in [0.4, 0.5) is 0 Å². The minimum Gasteiger partial charge on any atom is -0.481 e. The van der Waals surface area contributed by atoms with E-state index in [0.29, 0.717) is 49.0 Å². The number of aryl methyl sites for hydroxylation is 4. The summed E-state index contributed by atoms with van der Waals surface area (Å²) in [4.78, 5) is 61.4. The van der Waals surface area contributed by atoms with Crippen LogP contribution in [0.15, 0.2) is 19.7 Å².